The molecule has 35 heavy (non-hydrogen) atoms. The Morgan fingerprint density at radius 1 is 0.914 bits per heavy atom. The lowest BCUT2D eigenvalue weighted by molar-refractivity contribution is 0.0491. The second-order valence-electron chi connectivity index (χ2n) is 8.57. The van der Waals surface area contributed by atoms with Crippen LogP contribution in [0.2, 0.25) is 0 Å². The molecule has 188 valence electrons. The van der Waals surface area contributed by atoms with Crippen LogP contribution in [0.4, 0.5) is 0 Å². The zero-order valence-electron chi connectivity index (χ0n) is 21.7. The SMILES string of the molecule is COCOc1ccc(/C=C/C(=O)c2cc(CC=C(C)C)c(OC)c(CC=C(C)C)c2O)cc1OC. The smallest absolute Gasteiger partial charge is 0.189 e. The van der Waals surface area contributed by atoms with Gasteiger partial charge in [-0.2, -0.15) is 0 Å². The van der Waals surface area contributed by atoms with E-state index < -0.39 is 0 Å². The first-order valence-electron chi connectivity index (χ1n) is 11.4. The van der Waals surface area contributed by atoms with Gasteiger partial charge in [0.05, 0.1) is 19.8 Å². The normalized spacial score (nSPS) is 10.7. The number of carbonyl (C=O) groups is 1. The van der Waals surface area contributed by atoms with Crippen LogP contribution in [0.15, 0.2) is 53.6 Å². The molecule has 1 N–H and O–H groups in total. The van der Waals surface area contributed by atoms with Gasteiger partial charge >= 0.3 is 0 Å². The number of ether oxygens (including phenoxy) is 4. The van der Waals surface area contributed by atoms with Gasteiger partial charge in [0.2, 0.25) is 0 Å². The minimum absolute atomic E-state index is 0.0594. The first-order chi connectivity index (χ1) is 16.7. The summed E-state index contributed by atoms with van der Waals surface area (Å²) in [4.78, 5) is 13.2. The van der Waals surface area contributed by atoms with Crippen molar-refractivity contribution < 1.29 is 28.8 Å². The second kappa shape index (κ2) is 13.4. The Labute approximate surface area is 208 Å². The van der Waals surface area contributed by atoms with Crippen molar-refractivity contribution in [3.8, 4) is 23.0 Å². The topological polar surface area (TPSA) is 74.2 Å². The quantitative estimate of drug-likeness (QED) is 0.166. The number of hydrogen-bond acceptors (Lipinski definition) is 6. The molecule has 0 unspecified atom stereocenters. The summed E-state index contributed by atoms with van der Waals surface area (Å²) in [6.07, 6.45) is 8.26. The predicted molar refractivity (Wildman–Crippen MR) is 140 cm³/mol. The lowest BCUT2D eigenvalue weighted by Gasteiger charge is -2.17. The number of benzene rings is 2. The molecule has 0 saturated heterocycles. The van der Waals surface area contributed by atoms with Crippen molar-refractivity contribution in [3.05, 3.63) is 75.9 Å². The van der Waals surface area contributed by atoms with Crippen molar-refractivity contribution >= 4 is 11.9 Å². The third kappa shape index (κ3) is 7.76. The van der Waals surface area contributed by atoms with Crippen molar-refractivity contribution in [1.29, 1.82) is 0 Å². The van der Waals surface area contributed by atoms with E-state index >= 15 is 0 Å². The fraction of sp³-hybridized carbons (Fsp3) is 0.345. The molecule has 0 radical (unpaired) electrons. The van der Waals surface area contributed by atoms with Crippen LogP contribution in [-0.2, 0) is 17.6 Å². The molecule has 0 aliphatic heterocycles. The number of rotatable bonds is 12. The van der Waals surface area contributed by atoms with Crippen molar-refractivity contribution in [1.82, 2.24) is 0 Å². The van der Waals surface area contributed by atoms with Crippen molar-refractivity contribution in [2.24, 2.45) is 0 Å². The fourth-order valence-electron chi connectivity index (χ4n) is 3.47. The molecule has 0 spiro atoms. The third-order valence-corrected chi connectivity index (χ3v) is 5.29. The van der Waals surface area contributed by atoms with Gasteiger partial charge in [0.25, 0.3) is 0 Å². The molecule has 0 saturated carbocycles. The number of methoxy groups -OCH3 is 3. The molecule has 6 nitrogen and oxygen atoms in total. The maximum atomic E-state index is 13.2. The number of hydrogen-bond donors (Lipinski definition) is 1. The molecule has 2 rings (SSSR count). The molecule has 0 atom stereocenters. The summed E-state index contributed by atoms with van der Waals surface area (Å²) in [6.45, 7) is 8.12. The van der Waals surface area contributed by atoms with E-state index in [1.165, 1.54) is 6.08 Å². The van der Waals surface area contributed by atoms with Crippen molar-refractivity contribution in [3.63, 3.8) is 0 Å². The van der Waals surface area contributed by atoms with Crippen LogP contribution in [0.5, 0.6) is 23.0 Å². The van der Waals surface area contributed by atoms with E-state index in [-0.39, 0.29) is 23.9 Å². The highest BCUT2D eigenvalue weighted by Crippen LogP contribution is 2.37. The largest absolute Gasteiger partial charge is 0.507 e. The molecule has 0 aliphatic rings. The summed E-state index contributed by atoms with van der Waals surface area (Å²) < 4.78 is 21.5. The van der Waals surface area contributed by atoms with Crippen LogP contribution in [0, 0.1) is 0 Å². The lowest BCUT2D eigenvalue weighted by atomic mass is 9.94. The molecule has 2 aromatic rings. The Kier molecular flexibility index (Phi) is 10.6. The summed E-state index contributed by atoms with van der Waals surface area (Å²) in [5.41, 5.74) is 4.71. The summed E-state index contributed by atoms with van der Waals surface area (Å²) in [5, 5.41) is 11.1. The Morgan fingerprint density at radius 3 is 2.20 bits per heavy atom. The lowest BCUT2D eigenvalue weighted by Crippen LogP contribution is -2.04. The van der Waals surface area contributed by atoms with E-state index in [9.17, 15) is 9.90 Å². The first kappa shape index (κ1) is 27.7. The molecule has 2 aromatic carbocycles. The van der Waals surface area contributed by atoms with Crippen LogP contribution in [0.1, 0.15) is 54.7 Å². The van der Waals surface area contributed by atoms with Crippen molar-refractivity contribution in [2.45, 2.75) is 40.5 Å². The van der Waals surface area contributed by atoms with Crippen LogP contribution < -0.4 is 14.2 Å². The zero-order valence-corrected chi connectivity index (χ0v) is 21.7. The minimum atomic E-state index is -0.305. The third-order valence-electron chi connectivity index (χ3n) is 5.29. The molecule has 6 heteroatoms. The van der Waals surface area contributed by atoms with E-state index in [1.807, 2.05) is 39.8 Å². The summed E-state index contributed by atoms with van der Waals surface area (Å²) in [5.74, 6) is 1.31. The highest BCUT2D eigenvalue weighted by Gasteiger charge is 2.20. The molecule has 0 heterocycles. The Balaban J connectivity index is 2.47. The first-order valence-corrected chi connectivity index (χ1v) is 11.4. The average molecular weight is 481 g/mol. The zero-order chi connectivity index (χ0) is 26.0. The Morgan fingerprint density at radius 2 is 1.60 bits per heavy atom. The van der Waals surface area contributed by atoms with Gasteiger partial charge in [-0.15, -0.1) is 0 Å². The fourth-order valence-corrected chi connectivity index (χ4v) is 3.47. The van der Waals surface area contributed by atoms with Crippen LogP contribution in [0.25, 0.3) is 6.08 Å². The van der Waals surface area contributed by atoms with Crippen LogP contribution in [-0.4, -0.2) is 39.0 Å². The number of carbonyl (C=O) groups excluding carboxylic acids is 1. The van der Waals surface area contributed by atoms with Gasteiger partial charge in [-0.25, -0.2) is 0 Å². The summed E-state index contributed by atoms with van der Waals surface area (Å²) in [7, 11) is 4.67. The van der Waals surface area contributed by atoms with Gasteiger partial charge in [-0.3, -0.25) is 4.79 Å². The van der Waals surface area contributed by atoms with Gasteiger partial charge < -0.3 is 24.1 Å². The van der Waals surface area contributed by atoms with Gasteiger partial charge in [0, 0.05) is 12.7 Å². The Hall–Kier alpha value is -3.51. The molecule has 0 fully saturated rings. The van der Waals surface area contributed by atoms with E-state index in [2.05, 4.69) is 6.08 Å². The molecular formula is C29H36O6. The number of phenolic OH excluding ortho intramolecular Hbond substituents is 1. The number of aromatic hydroxyl groups is 1. The number of phenols is 1. The molecule has 0 aliphatic carbocycles. The average Bonchev–Trinajstić information content (AvgIpc) is 2.83. The summed E-state index contributed by atoms with van der Waals surface area (Å²) in [6, 6.07) is 7.05. The van der Waals surface area contributed by atoms with Crippen LogP contribution >= 0.6 is 0 Å². The van der Waals surface area contributed by atoms with Crippen molar-refractivity contribution in [2.75, 3.05) is 28.1 Å². The number of ketones is 1. The van der Waals surface area contributed by atoms with Gasteiger partial charge in [-0.05, 0) is 75.9 Å². The maximum Gasteiger partial charge on any atom is 0.189 e. The Bertz CT molecular complexity index is 1120. The van der Waals surface area contributed by atoms with E-state index in [0.29, 0.717) is 35.7 Å². The minimum Gasteiger partial charge on any atom is -0.507 e. The highest BCUT2D eigenvalue weighted by molar-refractivity contribution is 6.09. The number of allylic oxidation sites excluding steroid dienone is 5. The standard InChI is InChI=1S/C29H36O6/c1-19(2)8-12-22-17-24(28(31)23(29(22)34-7)13-9-20(3)4)25(30)14-10-21-11-15-26(35-18-32-5)27(16-21)33-6/h8-11,14-17,31H,12-13,18H2,1-7H3/b14-10+. The maximum absolute atomic E-state index is 13.2. The highest BCUT2D eigenvalue weighted by atomic mass is 16.7. The molecule has 0 aromatic heterocycles. The molecule has 0 bridgehead atoms. The summed E-state index contributed by atoms with van der Waals surface area (Å²) >= 11 is 0. The molecule has 0 amide bonds. The van der Waals surface area contributed by atoms with Gasteiger partial charge in [0.15, 0.2) is 24.1 Å². The predicted octanol–water partition coefficient (Wildman–Crippen LogP) is 6.31. The van der Waals surface area contributed by atoms with E-state index in [1.54, 1.807) is 45.6 Å². The molecular weight excluding hydrogens is 444 g/mol. The monoisotopic (exact) mass is 480 g/mol. The van der Waals surface area contributed by atoms with Crippen LogP contribution in [0.3, 0.4) is 0 Å². The second-order valence-corrected chi connectivity index (χ2v) is 8.57. The van der Waals surface area contributed by atoms with Gasteiger partial charge in [0.1, 0.15) is 11.5 Å². The van der Waals surface area contributed by atoms with E-state index in [0.717, 1.165) is 22.3 Å². The van der Waals surface area contributed by atoms with E-state index in [4.69, 9.17) is 18.9 Å². The van der Waals surface area contributed by atoms with Gasteiger partial charge in [-0.1, -0.05) is 35.4 Å².